The second-order valence-electron chi connectivity index (χ2n) is 3.98. The van der Waals surface area contributed by atoms with Gasteiger partial charge in [0, 0.05) is 5.56 Å². The van der Waals surface area contributed by atoms with Crippen molar-refractivity contribution in [3.05, 3.63) is 42.4 Å². The molecule has 2 heterocycles. The van der Waals surface area contributed by atoms with Crippen LogP contribution in [-0.4, -0.2) is 31.2 Å². The normalized spacial score (nSPS) is 10.4. The summed E-state index contributed by atoms with van der Waals surface area (Å²) in [4.78, 5) is 16.3. The van der Waals surface area contributed by atoms with E-state index >= 15 is 0 Å². The second kappa shape index (κ2) is 5.17. The van der Waals surface area contributed by atoms with Crippen LogP contribution in [0.15, 0.2) is 36.7 Å². The van der Waals surface area contributed by atoms with Crippen LogP contribution < -0.4 is 5.32 Å². The molecule has 0 fully saturated rings. The summed E-state index contributed by atoms with van der Waals surface area (Å²) in [5, 5.41) is 14.7. The van der Waals surface area contributed by atoms with Gasteiger partial charge in [-0.3, -0.25) is 5.32 Å². The number of hydrogen-bond acceptors (Lipinski definition) is 6. The van der Waals surface area contributed by atoms with Crippen LogP contribution in [0.4, 0.5) is 9.80 Å². The fourth-order valence-corrected chi connectivity index (χ4v) is 2.59. The fraction of sp³-hybridized carbons (Fsp3) is 0.0833. The molecule has 0 saturated carbocycles. The van der Waals surface area contributed by atoms with Crippen molar-refractivity contribution in [3.8, 4) is 10.6 Å². The minimum atomic E-state index is -0.415. The summed E-state index contributed by atoms with van der Waals surface area (Å²) in [6.45, 7) is 1.85. The molecule has 2 aromatic heterocycles. The van der Waals surface area contributed by atoms with E-state index < -0.39 is 6.03 Å². The smallest absolute Gasteiger partial charge is 0.296 e. The van der Waals surface area contributed by atoms with Crippen LogP contribution >= 0.6 is 11.3 Å². The first-order valence-corrected chi connectivity index (χ1v) is 6.63. The molecule has 0 radical (unpaired) electrons. The van der Waals surface area contributed by atoms with Crippen molar-refractivity contribution < 1.29 is 4.79 Å². The number of nitrogens with one attached hydrogen (secondary N) is 1. The van der Waals surface area contributed by atoms with Crippen LogP contribution in [0.2, 0.25) is 0 Å². The molecule has 0 atom stereocenters. The Balaban J connectivity index is 1.85. The van der Waals surface area contributed by atoms with Crippen molar-refractivity contribution in [2.75, 3.05) is 5.32 Å². The number of carbonyl (C=O) groups is 1. The topological polar surface area (TPSA) is 85.6 Å². The van der Waals surface area contributed by atoms with E-state index in [4.69, 9.17) is 0 Å². The molecule has 1 aromatic carbocycles. The third-order valence-electron chi connectivity index (χ3n) is 2.59. The van der Waals surface area contributed by atoms with Gasteiger partial charge < -0.3 is 0 Å². The molecule has 0 bridgehead atoms. The molecule has 0 spiro atoms. The highest BCUT2D eigenvalue weighted by Crippen LogP contribution is 2.31. The summed E-state index contributed by atoms with van der Waals surface area (Å²) >= 11 is 1.41. The number of rotatable bonds is 2. The van der Waals surface area contributed by atoms with E-state index in [1.807, 2.05) is 37.3 Å². The lowest BCUT2D eigenvalue weighted by Crippen LogP contribution is -2.19. The number of hydrogen-bond donors (Lipinski definition) is 1. The number of aryl methyl sites for hydroxylation is 1. The van der Waals surface area contributed by atoms with Crippen molar-refractivity contribution in [3.63, 3.8) is 0 Å². The summed E-state index contributed by atoms with van der Waals surface area (Å²) in [5.41, 5.74) is 1.78. The van der Waals surface area contributed by atoms with Gasteiger partial charge in [0.2, 0.25) is 0 Å². The number of nitrogens with zero attached hydrogens (tertiary/aromatic N) is 5. The minimum Gasteiger partial charge on any atom is -0.296 e. The molecule has 0 aliphatic rings. The van der Waals surface area contributed by atoms with Gasteiger partial charge in [-0.25, -0.2) is 9.78 Å². The quantitative estimate of drug-likeness (QED) is 0.730. The van der Waals surface area contributed by atoms with Gasteiger partial charge >= 0.3 is 6.03 Å². The molecule has 0 saturated heterocycles. The molecule has 3 aromatic rings. The van der Waals surface area contributed by atoms with Crippen LogP contribution in [0.5, 0.6) is 0 Å². The Kier molecular flexibility index (Phi) is 3.21. The lowest BCUT2D eigenvalue weighted by Gasteiger charge is -2.00. The molecule has 7 nitrogen and oxygen atoms in total. The van der Waals surface area contributed by atoms with Gasteiger partial charge in [-0.15, -0.1) is 9.78 Å². The minimum absolute atomic E-state index is 0.415. The second-order valence-corrected chi connectivity index (χ2v) is 4.98. The van der Waals surface area contributed by atoms with E-state index in [1.54, 1.807) is 0 Å². The third kappa shape index (κ3) is 2.41. The Morgan fingerprint density at radius 2 is 2.10 bits per heavy atom. The maximum atomic E-state index is 11.9. The number of tetrazole rings is 1. The fourth-order valence-electron chi connectivity index (χ4n) is 1.63. The zero-order chi connectivity index (χ0) is 13.9. The monoisotopic (exact) mass is 286 g/mol. The Bertz CT molecular complexity index is 722. The van der Waals surface area contributed by atoms with Gasteiger partial charge in [0.1, 0.15) is 16.3 Å². The average molecular weight is 286 g/mol. The van der Waals surface area contributed by atoms with Crippen LogP contribution in [0.25, 0.3) is 10.6 Å². The molecule has 1 amide bonds. The van der Waals surface area contributed by atoms with E-state index in [0.717, 1.165) is 20.9 Å². The maximum absolute atomic E-state index is 11.9. The molecule has 20 heavy (non-hydrogen) atoms. The largest absolute Gasteiger partial charge is 0.350 e. The molecule has 1 N–H and O–H groups in total. The van der Waals surface area contributed by atoms with E-state index in [2.05, 4.69) is 25.8 Å². The van der Waals surface area contributed by atoms with Gasteiger partial charge in [-0.1, -0.05) is 41.7 Å². The zero-order valence-corrected chi connectivity index (χ0v) is 11.3. The standard InChI is InChI=1S/C12H10N6OS/c1-8-10(15-12(19)18-7-13-16-17-18)20-11(14-8)9-5-3-2-4-6-9/h2-7H,1H3,(H,15,19). The zero-order valence-electron chi connectivity index (χ0n) is 10.5. The van der Waals surface area contributed by atoms with Crippen LogP contribution in [0.1, 0.15) is 5.69 Å². The van der Waals surface area contributed by atoms with Gasteiger partial charge in [0.25, 0.3) is 0 Å². The molecular weight excluding hydrogens is 276 g/mol. The summed E-state index contributed by atoms with van der Waals surface area (Å²) in [6.07, 6.45) is 1.24. The molecule has 0 aliphatic heterocycles. The van der Waals surface area contributed by atoms with Crippen molar-refractivity contribution >= 4 is 22.4 Å². The van der Waals surface area contributed by atoms with Gasteiger partial charge in [0.05, 0.1) is 5.69 Å². The first-order valence-electron chi connectivity index (χ1n) is 5.81. The summed E-state index contributed by atoms with van der Waals surface area (Å²) < 4.78 is 1.03. The molecular formula is C12H10N6OS. The predicted molar refractivity (Wildman–Crippen MR) is 74.5 cm³/mol. The maximum Gasteiger partial charge on any atom is 0.350 e. The SMILES string of the molecule is Cc1nc(-c2ccccc2)sc1NC(=O)n1cnnn1. The van der Waals surface area contributed by atoms with Crippen LogP contribution in [0.3, 0.4) is 0 Å². The highest BCUT2D eigenvalue weighted by molar-refractivity contribution is 7.19. The average Bonchev–Trinajstić information content (AvgIpc) is 3.10. The van der Waals surface area contributed by atoms with Crippen molar-refractivity contribution in [1.29, 1.82) is 0 Å². The number of aromatic nitrogens is 5. The third-order valence-corrected chi connectivity index (χ3v) is 3.72. The lowest BCUT2D eigenvalue weighted by molar-refractivity contribution is 0.250. The number of carbonyl (C=O) groups excluding carboxylic acids is 1. The van der Waals surface area contributed by atoms with Crippen molar-refractivity contribution in [1.82, 2.24) is 25.2 Å². The van der Waals surface area contributed by atoms with Crippen LogP contribution in [-0.2, 0) is 0 Å². The van der Waals surface area contributed by atoms with E-state index in [1.165, 1.54) is 17.7 Å². The number of thiazole rings is 1. The Labute approximate surface area is 118 Å². The molecule has 100 valence electrons. The van der Waals surface area contributed by atoms with E-state index in [0.29, 0.717) is 5.00 Å². The first-order chi connectivity index (χ1) is 9.74. The van der Waals surface area contributed by atoms with Gasteiger partial charge in [-0.2, -0.15) is 0 Å². The van der Waals surface area contributed by atoms with E-state index in [9.17, 15) is 4.79 Å². The number of anilines is 1. The predicted octanol–water partition coefficient (Wildman–Crippen LogP) is 2.19. The highest BCUT2D eigenvalue weighted by Gasteiger charge is 2.13. The Morgan fingerprint density at radius 3 is 2.80 bits per heavy atom. The van der Waals surface area contributed by atoms with Gasteiger partial charge in [-0.05, 0) is 17.4 Å². The van der Waals surface area contributed by atoms with Crippen LogP contribution in [0, 0.1) is 6.92 Å². The Morgan fingerprint density at radius 1 is 1.30 bits per heavy atom. The number of amides is 1. The molecule has 8 heteroatoms. The first kappa shape index (κ1) is 12.4. The van der Waals surface area contributed by atoms with Crippen molar-refractivity contribution in [2.45, 2.75) is 6.92 Å². The summed E-state index contributed by atoms with van der Waals surface area (Å²) in [6, 6.07) is 9.39. The van der Waals surface area contributed by atoms with E-state index in [-0.39, 0.29) is 0 Å². The molecule has 3 rings (SSSR count). The summed E-state index contributed by atoms with van der Waals surface area (Å²) in [7, 11) is 0. The van der Waals surface area contributed by atoms with Crippen molar-refractivity contribution in [2.24, 2.45) is 0 Å². The van der Waals surface area contributed by atoms with Gasteiger partial charge in [0.15, 0.2) is 0 Å². The number of benzene rings is 1. The lowest BCUT2D eigenvalue weighted by atomic mass is 10.2. The highest BCUT2D eigenvalue weighted by atomic mass is 32.1. The Hall–Kier alpha value is -2.61. The molecule has 0 aliphatic carbocycles. The molecule has 0 unspecified atom stereocenters. The summed E-state index contributed by atoms with van der Waals surface area (Å²) in [5.74, 6) is 0.